The lowest BCUT2D eigenvalue weighted by molar-refractivity contribution is -0.142. The van der Waals surface area contributed by atoms with Gasteiger partial charge in [0.25, 0.3) is 0 Å². The topological polar surface area (TPSA) is 118 Å². The number of benzene rings is 1. The van der Waals surface area contributed by atoms with Crippen molar-refractivity contribution < 1.29 is 23.3 Å². The van der Waals surface area contributed by atoms with Crippen molar-refractivity contribution in [2.75, 3.05) is 5.32 Å². The SMILES string of the molecule is Cc1ccc([C@H](C(=O)NC2CCCC2)N(Cc2ccco2)C(=O)CCC(=O)Nc2cc(C)on2)cc1. The molecule has 0 spiro atoms. The molecule has 36 heavy (non-hydrogen) atoms. The molecular weight excluding hydrogens is 460 g/mol. The van der Waals surface area contributed by atoms with E-state index in [1.807, 2.05) is 31.2 Å². The van der Waals surface area contributed by atoms with Gasteiger partial charge in [-0.05, 0) is 44.4 Å². The van der Waals surface area contributed by atoms with Gasteiger partial charge in [-0.3, -0.25) is 14.4 Å². The van der Waals surface area contributed by atoms with Gasteiger partial charge in [0.1, 0.15) is 17.6 Å². The maximum absolute atomic E-state index is 13.6. The van der Waals surface area contributed by atoms with Crippen molar-refractivity contribution in [3.8, 4) is 0 Å². The summed E-state index contributed by atoms with van der Waals surface area (Å²) in [6.45, 7) is 3.80. The van der Waals surface area contributed by atoms with Crippen molar-refractivity contribution >= 4 is 23.5 Å². The number of carbonyl (C=O) groups excluding carboxylic acids is 3. The summed E-state index contributed by atoms with van der Waals surface area (Å²) in [7, 11) is 0. The Bertz CT molecular complexity index is 1160. The molecule has 0 radical (unpaired) electrons. The monoisotopic (exact) mass is 492 g/mol. The van der Waals surface area contributed by atoms with Crippen molar-refractivity contribution in [2.45, 2.75) is 71.0 Å². The molecule has 0 saturated heterocycles. The van der Waals surface area contributed by atoms with E-state index >= 15 is 0 Å². The van der Waals surface area contributed by atoms with Gasteiger partial charge in [-0.15, -0.1) is 0 Å². The number of aromatic nitrogens is 1. The fraction of sp³-hybridized carbons (Fsp3) is 0.407. The molecule has 2 N–H and O–H groups in total. The zero-order valence-corrected chi connectivity index (χ0v) is 20.7. The van der Waals surface area contributed by atoms with Crippen molar-refractivity contribution in [3.63, 3.8) is 0 Å². The average molecular weight is 493 g/mol. The van der Waals surface area contributed by atoms with Gasteiger partial charge < -0.3 is 24.5 Å². The molecule has 9 nitrogen and oxygen atoms in total. The quantitative estimate of drug-likeness (QED) is 0.432. The molecule has 4 rings (SSSR count). The number of anilines is 1. The molecule has 1 aliphatic rings. The molecule has 1 saturated carbocycles. The van der Waals surface area contributed by atoms with Gasteiger partial charge in [0.15, 0.2) is 5.82 Å². The van der Waals surface area contributed by atoms with Gasteiger partial charge in [0.2, 0.25) is 17.7 Å². The van der Waals surface area contributed by atoms with Crippen LogP contribution >= 0.6 is 0 Å². The van der Waals surface area contributed by atoms with E-state index in [2.05, 4.69) is 15.8 Å². The molecule has 3 aromatic rings. The maximum Gasteiger partial charge on any atom is 0.247 e. The van der Waals surface area contributed by atoms with E-state index in [1.54, 1.807) is 25.1 Å². The van der Waals surface area contributed by atoms with E-state index in [9.17, 15) is 14.4 Å². The third-order valence-corrected chi connectivity index (χ3v) is 6.34. The molecule has 1 atom stereocenters. The number of nitrogens with one attached hydrogen (secondary N) is 2. The molecule has 3 amide bonds. The first-order valence-corrected chi connectivity index (χ1v) is 12.3. The molecule has 9 heteroatoms. The Morgan fingerprint density at radius 2 is 1.83 bits per heavy atom. The average Bonchev–Trinajstić information content (AvgIpc) is 3.63. The van der Waals surface area contributed by atoms with Crippen LogP contribution in [0.25, 0.3) is 0 Å². The zero-order valence-electron chi connectivity index (χ0n) is 20.7. The summed E-state index contributed by atoms with van der Waals surface area (Å²) in [5.74, 6) is 0.498. The molecule has 2 heterocycles. The van der Waals surface area contributed by atoms with E-state index in [1.165, 1.54) is 11.2 Å². The number of nitrogens with zero attached hydrogens (tertiary/aromatic N) is 2. The highest BCUT2D eigenvalue weighted by Crippen LogP contribution is 2.27. The second-order valence-corrected chi connectivity index (χ2v) is 9.28. The Hall–Kier alpha value is -3.88. The van der Waals surface area contributed by atoms with Crippen LogP contribution in [0.15, 0.2) is 57.7 Å². The fourth-order valence-corrected chi connectivity index (χ4v) is 4.46. The predicted molar refractivity (Wildman–Crippen MR) is 133 cm³/mol. The van der Waals surface area contributed by atoms with Crippen LogP contribution in [0.3, 0.4) is 0 Å². The maximum atomic E-state index is 13.6. The summed E-state index contributed by atoms with van der Waals surface area (Å²) in [5, 5.41) is 9.52. The first kappa shape index (κ1) is 25.2. The van der Waals surface area contributed by atoms with Crippen molar-refractivity contribution in [1.82, 2.24) is 15.4 Å². The van der Waals surface area contributed by atoms with E-state index < -0.39 is 6.04 Å². The Kier molecular flexibility index (Phi) is 8.20. The highest BCUT2D eigenvalue weighted by molar-refractivity contribution is 5.94. The fourth-order valence-electron chi connectivity index (χ4n) is 4.46. The standard InChI is InChI=1S/C27H32N4O5/c1-18-9-11-20(12-10-18)26(27(34)28-21-6-3-4-7-21)31(17-22-8-5-15-35-22)25(33)14-13-24(32)29-23-16-19(2)36-30-23/h5,8-12,15-16,21,26H,3-4,6-7,13-14,17H2,1-2H3,(H,28,34)(H,29,30,32)/t26-/m1/s1. The van der Waals surface area contributed by atoms with Crippen LogP contribution in [0.4, 0.5) is 5.82 Å². The molecule has 1 aliphatic carbocycles. The van der Waals surface area contributed by atoms with Crippen LogP contribution in [0.5, 0.6) is 0 Å². The molecule has 0 aliphatic heterocycles. The third-order valence-electron chi connectivity index (χ3n) is 6.34. The van der Waals surface area contributed by atoms with Gasteiger partial charge in [-0.2, -0.15) is 0 Å². The van der Waals surface area contributed by atoms with E-state index in [0.29, 0.717) is 22.9 Å². The minimum Gasteiger partial charge on any atom is -0.467 e. The highest BCUT2D eigenvalue weighted by Gasteiger charge is 2.33. The summed E-state index contributed by atoms with van der Waals surface area (Å²) in [6, 6.07) is 11.9. The number of carbonyl (C=O) groups is 3. The first-order chi connectivity index (χ1) is 17.4. The van der Waals surface area contributed by atoms with E-state index in [4.69, 9.17) is 8.94 Å². The lowest BCUT2D eigenvalue weighted by atomic mass is 10.0. The molecule has 0 bridgehead atoms. The van der Waals surface area contributed by atoms with E-state index in [-0.39, 0.29) is 43.1 Å². The van der Waals surface area contributed by atoms with Crippen molar-refractivity contribution in [1.29, 1.82) is 0 Å². The first-order valence-electron chi connectivity index (χ1n) is 12.3. The minimum absolute atomic E-state index is 0.0652. The molecule has 0 unspecified atom stereocenters. The second-order valence-electron chi connectivity index (χ2n) is 9.28. The lowest BCUT2D eigenvalue weighted by Gasteiger charge is -2.32. The number of amides is 3. The summed E-state index contributed by atoms with van der Waals surface area (Å²) in [6.07, 6.45) is 5.41. The van der Waals surface area contributed by atoms with Crippen LogP contribution in [0.1, 0.15) is 67.2 Å². The van der Waals surface area contributed by atoms with Crippen LogP contribution in [0, 0.1) is 13.8 Å². The van der Waals surface area contributed by atoms with Crippen molar-refractivity contribution in [3.05, 3.63) is 71.4 Å². The Labute approximate surface area is 210 Å². The molecular formula is C27H32N4O5. The Balaban J connectivity index is 1.55. The summed E-state index contributed by atoms with van der Waals surface area (Å²) < 4.78 is 10.5. The van der Waals surface area contributed by atoms with Crippen LogP contribution in [-0.4, -0.2) is 33.8 Å². The molecule has 1 aromatic carbocycles. The van der Waals surface area contributed by atoms with Gasteiger partial charge in [0, 0.05) is 24.9 Å². The Morgan fingerprint density at radius 1 is 1.08 bits per heavy atom. The van der Waals surface area contributed by atoms with Gasteiger partial charge in [-0.25, -0.2) is 0 Å². The van der Waals surface area contributed by atoms with Gasteiger partial charge in [-0.1, -0.05) is 47.8 Å². The summed E-state index contributed by atoms with van der Waals surface area (Å²) in [4.78, 5) is 41.1. The van der Waals surface area contributed by atoms with Crippen LogP contribution < -0.4 is 10.6 Å². The highest BCUT2D eigenvalue weighted by atomic mass is 16.5. The smallest absolute Gasteiger partial charge is 0.247 e. The summed E-state index contributed by atoms with van der Waals surface area (Å²) >= 11 is 0. The number of aryl methyl sites for hydroxylation is 2. The molecule has 1 fully saturated rings. The molecule has 190 valence electrons. The lowest BCUT2D eigenvalue weighted by Crippen LogP contribution is -2.46. The van der Waals surface area contributed by atoms with Crippen LogP contribution in [-0.2, 0) is 20.9 Å². The second kappa shape index (κ2) is 11.7. The third kappa shape index (κ3) is 6.62. The number of furan rings is 1. The largest absolute Gasteiger partial charge is 0.467 e. The van der Waals surface area contributed by atoms with Crippen molar-refractivity contribution in [2.24, 2.45) is 0 Å². The molecule has 2 aromatic heterocycles. The summed E-state index contributed by atoms with van der Waals surface area (Å²) in [5.41, 5.74) is 1.76. The van der Waals surface area contributed by atoms with Gasteiger partial charge >= 0.3 is 0 Å². The van der Waals surface area contributed by atoms with E-state index in [0.717, 1.165) is 31.2 Å². The Morgan fingerprint density at radius 3 is 2.47 bits per heavy atom. The minimum atomic E-state index is -0.856. The number of hydrogen-bond acceptors (Lipinski definition) is 6. The predicted octanol–water partition coefficient (Wildman–Crippen LogP) is 4.43. The number of rotatable bonds is 10. The zero-order chi connectivity index (χ0) is 25.5. The van der Waals surface area contributed by atoms with Gasteiger partial charge in [0.05, 0.1) is 12.8 Å². The van der Waals surface area contributed by atoms with Crippen LogP contribution in [0.2, 0.25) is 0 Å². The normalized spacial score (nSPS) is 14.4. The number of hydrogen-bond donors (Lipinski definition) is 2.